The molecule has 7 heteroatoms. The lowest BCUT2D eigenvalue weighted by atomic mass is 10.2. The predicted molar refractivity (Wildman–Crippen MR) is 55.2 cm³/mol. The van der Waals surface area contributed by atoms with Gasteiger partial charge in [-0.15, -0.1) is 0 Å². The average Bonchev–Trinajstić information content (AvgIpc) is 2.20. The van der Waals surface area contributed by atoms with Crippen molar-refractivity contribution in [3.8, 4) is 11.4 Å². The quantitative estimate of drug-likeness (QED) is 0.792. The van der Waals surface area contributed by atoms with Crippen LogP contribution in [0.5, 0.6) is 0 Å². The second-order valence-corrected chi connectivity index (χ2v) is 3.50. The van der Waals surface area contributed by atoms with Crippen molar-refractivity contribution in [1.29, 1.82) is 0 Å². The molecule has 0 amide bonds. The zero-order valence-corrected chi connectivity index (χ0v) is 9.10. The van der Waals surface area contributed by atoms with Crippen LogP contribution in [0.4, 0.5) is 8.78 Å². The molecule has 1 aromatic heterocycles. The molecule has 0 aliphatic heterocycles. The summed E-state index contributed by atoms with van der Waals surface area (Å²) in [5.41, 5.74) is -0.119. The van der Waals surface area contributed by atoms with Gasteiger partial charge in [-0.3, -0.25) is 0 Å². The number of hydrogen-bond acceptors (Lipinski definition) is 3. The second kappa shape index (κ2) is 4.27. The minimum Gasteiger partial charge on any atom is -0.207 e. The summed E-state index contributed by atoms with van der Waals surface area (Å²) in [5, 5.41) is -0.364. The molecule has 0 radical (unpaired) electrons. The number of rotatable bonds is 1. The number of hydrogen-bond donors (Lipinski definition) is 0. The minimum atomic E-state index is -0.667. The molecule has 0 unspecified atom stereocenters. The fraction of sp³-hybridized carbons (Fsp3) is 0. The smallest absolute Gasteiger partial charge is 0.207 e. The Morgan fingerprint density at radius 2 is 1.56 bits per heavy atom. The monoisotopic (exact) mass is 261 g/mol. The molecule has 0 aliphatic rings. The highest BCUT2D eigenvalue weighted by Crippen LogP contribution is 2.22. The molecule has 2 rings (SSSR count). The summed E-state index contributed by atoms with van der Waals surface area (Å²) in [6.07, 6.45) is 0. The van der Waals surface area contributed by atoms with E-state index < -0.39 is 11.6 Å². The first-order valence-corrected chi connectivity index (χ1v) is 4.84. The largest absolute Gasteiger partial charge is 0.227 e. The van der Waals surface area contributed by atoms with Gasteiger partial charge in [0.05, 0.1) is 5.56 Å². The molecular weight excluding hydrogens is 259 g/mol. The zero-order chi connectivity index (χ0) is 11.7. The number of benzene rings is 1. The van der Waals surface area contributed by atoms with Crippen LogP contribution in [-0.2, 0) is 0 Å². The highest BCUT2D eigenvalue weighted by molar-refractivity contribution is 6.31. The van der Waals surface area contributed by atoms with Crippen LogP contribution in [0.2, 0.25) is 10.6 Å². The Kier molecular flexibility index (Phi) is 2.98. The molecule has 82 valence electrons. The van der Waals surface area contributed by atoms with Crippen molar-refractivity contribution in [3.05, 3.63) is 40.4 Å². The van der Waals surface area contributed by atoms with E-state index >= 15 is 0 Å². The molecule has 0 saturated heterocycles. The molecule has 0 fully saturated rings. The van der Waals surface area contributed by atoms with Crippen LogP contribution < -0.4 is 0 Å². The van der Waals surface area contributed by atoms with Gasteiger partial charge in [0, 0.05) is 0 Å². The molecule has 0 spiro atoms. The third-order valence-electron chi connectivity index (χ3n) is 1.75. The van der Waals surface area contributed by atoms with Crippen LogP contribution in [0.1, 0.15) is 0 Å². The summed E-state index contributed by atoms with van der Waals surface area (Å²) in [6, 6.07) is 2.91. The van der Waals surface area contributed by atoms with Gasteiger partial charge in [-0.2, -0.15) is 15.0 Å². The Morgan fingerprint density at radius 3 is 2.19 bits per heavy atom. The Balaban J connectivity index is 2.62. The number of aromatic nitrogens is 3. The average molecular weight is 262 g/mol. The van der Waals surface area contributed by atoms with Crippen LogP contribution in [0.3, 0.4) is 0 Å². The molecule has 0 N–H and O–H groups in total. The van der Waals surface area contributed by atoms with E-state index in [1.54, 1.807) is 0 Å². The maximum Gasteiger partial charge on any atom is 0.227 e. The van der Waals surface area contributed by atoms with Crippen LogP contribution in [-0.4, -0.2) is 15.0 Å². The summed E-state index contributed by atoms with van der Waals surface area (Å²) in [5.74, 6) is -1.38. The van der Waals surface area contributed by atoms with Crippen molar-refractivity contribution < 1.29 is 8.78 Å². The van der Waals surface area contributed by atoms with Gasteiger partial charge in [-0.05, 0) is 41.4 Å². The van der Waals surface area contributed by atoms with E-state index in [0.717, 1.165) is 18.2 Å². The van der Waals surface area contributed by atoms with E-state index in [9.17, 15) is 8.78 Å². The first-order chi connectivity index (χ1) is 7.56. The van der Waals surface area contributed by atoms with E-state index in [1.807, 2.05) is 0 Å². The molecule has 0 atom stereocenters. The molecule has 1 aromatic carbocycles. The first-order valence-electron chi connectivity index (χ1n) is 4.09. The molecule has 1 heterocycles. The van der Waals surface area contributed by atoms with Gasteiger partial charge < -0.3 is 0 Å². The van der Waals surface area contributed by atoms with Gasteiger partial charge in [-0.1, -0.05) is 0 Å². The summed E-state index contributed by atoms with van der Waals surface area (Å²) in [6.45, 7) is 0. The van der Waals surface area contributed by atoms with Crippen molar-refractivity contribution >= 4 is 23.2 Å². The summed E-state index contributed by atoms with van der Waals surface area (Å²) in [4.78, 5) is 10.8. The van der Waals surface area contributed by atoms with Crippen molar-refractivity contribution in [2.75, 3.05) is 0 Å². The Hall–Kier alpha value is -1.33. The summed E-state index contributed by atoms with van der Waals surface area (Å²) in [7, 11) is 0. The summed E-state index contributed by atoms with van der Waals surface area (Å²) >= 11 is 11.1. The SMILES string of the molecule is Fc1ccc(F)c(-c2nc(Cl)nc(Cl)n2)c1. The van der Waals surface area contributed by atoms with E-state index in [2.05, 4.69) is 15.0 Å². The standard InChI is InChI=1S/C9H3Cl2F2N3/c10-8-14-7(15-9(11)16-8)5-3-4(12)1-2-6(5)13/h1-3H. The molecule has 2 aromatic rings. The number of halogens is 4. The summed E-state index contributed by atoms with van der Waals surface area (Å²) < 4.78 is 26.3. The van der Waals surface area contributed by atoms with Gasteiger partial charge in [0.25, 0.3) is 0 Å². The third kappa shape index (κ3) is 2.25. The Morgan fingerprint density at radius 1 is 0.938 bits per heavy atom. The van der Waals surface area contributed by atoms with Gasteiger partial charge in [-0.25, -0.2) is 8.78 Å². The second-order valence-electron chi connectivity index (χ2n) is 2.82. The fourth-order valence-electron chi connectivity index (χ4n) is 1.12. The van der Waals surface area contributed by atoms with Gasteiger partial charge in [0.15, 0.2) is 5.82 Å². The molecule has 16 heavy (non-hydrogen) atoms. The van der Waals surface area contributed by atoms with Gasteiger partial charge in [0.2, 0.25) is 10.6 Å². The third-order valence-corrected chi connectivity index (χ3v) is 2.09. The van der Waals surface area contributed by atoms with Crippen LogP contribution in [0.15, 0.2) is 18.2 Å². The molecule has 0 bridgehead atoms. The van der Waals surface area contributed by atoms with Crippen molar-refractivity contribution in [3.63, 3.8) is 0 Å². The van der Waals surface area contributed by atoms with E-state index in [-0.39, 0.29) is 22.0 Å². The molecule has 0 saturated carbocycles. The van der Waals surface area contributed by atoms with E-state index in [0.29, 0.717) is 0 Å². The maximum absolute atomic E-state index is 13.4. The fourth-order valence-corrected chi connectivity index (χ4v) is 1.48. The van der Waals surface area contributed by atoms with Crippen LogP contribution in [0.25, 0.3) is 11.4 Å². The van der Waals surface area contributed by atoms with Crippen molar-refractivity contribution in [1.82, 2.24) is 15.0 Å². The highest BCUT2D eigenvalue weighted by Gasteiger charge is 2.11. The lowest BCUT2D eigenvalue weighted by molar-refractivity contribution is 0.602. The Labute approximate surface area is 99.1 Å². The van der Waals surface area contributed by atoms with E-state index in [1.165, 1.54) is 0 Å². The van der Waals surface area contributed by atoms with Gasteiger partial charge in [0.1, 0.15) is 11.6 Å². The topological polar surface area (TPSA) is 38.7 Å². The molecule has 3 nitrogen and oxygen atoms in total. The Bertz CT molecular complexity index is 528. The number of nitrogens with zero attached hydrogens (tertiary/aromatic N) is 3. The van der Waals surface area contributed by atoms with E-state index in [4.69, 9.17) is 23.2 Å². The van der Waals surface area contributed by atoms with Gasteiger partial charge >= 0.3 is 0 Å². The highest BCUT2D eigenvalue weighted by atomic mass is 35.5. The normalized spacial score (nSPS) is 10.5. The van der Waals surface area contributed by atoms with Crippen molar-refractivity contribution in [2.45, 2.75) is 0 Å². The minimum absolute atomic E-state index is 0.109. The first kappa shape index (κ1) is 11.2. The van der Waals surface area contributed by atoms with Crippen LogP contribution in [0, 0.1) is 11.6 Å². The lowest BCUT2D eigenvalue weighted by Crippen LogP contribution is -1.96. The molecule has 0 aliphatic carbocycles. The predicted octanol–water partition coefficient (Wildman–Crippen LogP) is 3.12. The van der Waals surface area contributed by atoms with Crippen LogP contribution >= 0.6 is 23.2 Å². The lowest BCUT2D eigenvalue weighted by Gasteiger charge is -2.02. The zero-order valence-electron chi connectivity index (χ0n) is 7.59. The molecular formula is C9H3Cl2F2N3. The van der Waals surface area contributed by atoms with Crippen molar-refractivity contribution in [2.24, 2.45) is 0 Å². The maximum atomic E-state index is 13.4.